The highest BCUT2D eigenvalue weighted by Gasteiger charge is 2.30. The molecule has 1 aromatic rings. The van der Waals surface area contributed by atoms with Crippen LogP contribution in [-0.4, -0.2) is 47.3 Å². The molecular weight excluding hydrogens is 242 g/mol. The molecule has 1 aromatic heterocycles. The van der Waals surface area contributed by atoms with Crippen LogP contribution >= 0.6 is 0 Å². The van der Waals surface area contributed by atoms with E-state index < -0.39 is 0 Å². The van der Waals surface area contributed by atoms with E-state index in [1.165, 1.54) is 5.69 Å². The Balaban J connectivity index is 1.53. The van der Waals surface area contributed by atoms with E-state index in [0.29, 0.717) is 11.8 Å². The summed E-state index contributed by atoms with van der Waals surface area (Å²) in [6, 6.07) is 2.04. The maximum atomic E-state index is 12.4. The van der Waals surface area contributed by atoms with Gasteiger partial charge >= 0.3 is 0 Å². The minimum atomic E-state index is 0.192. The van der Waals surface area contributed by atoms with Gasteiger partial charge < -0.3 is 9.64 Å². The number of ether oxygens (including phenoxy) is 1. The molecule has 0 saturated carbocycles. The fraction of sp³-hybridized carbons (Fsp3) is 0.714. The van der Waals surface area contributed by atoms with Crippen LogP contribution in [0.25, 0.3) is 0 Å². The fourth-order valence-electron chi connectivity index (χ4n) is 3.11. The van der Waals surface area contributed by atoms with E-state index in [9.17, 15) is 4.79 Å². The molecule has 2 fully saturated rings. The molecular formula is C14H21N3O2. The third kappa shape index (κ3) is 2.81. The molecule has 19 heavy (non-hydrogen) atoms. The second kappa shape index (κ2) is 5.74. The first kappa shape index (κ1) is 12.7. The van der Waals surface area contributed by atoms with Crippen molar-refractivity contribution < 1.29 is 9.53 Å². The van der Waals surface area contributed by atoms with Crippen LogP contribution in [-0.2, 0) is 9.53 Å². The van der Waals surface area contributed by atoms with Crippen molar-refractivity contribution in [2.24, 2.45) is 5.92 Å². The van der Waals surface area contributed by atoms with Crippen molar-refractivity contribution in [3.05, 3.63) is 18.0 Å². The van der Waals surface area contributed by atoms with Gasteiger partial charge in [0, 0.05) is 50.0 Å². The molecule has 2 saturated heterocycles. The Morgan fingerprint density at radius 2 is 2.00 bits per heavy atom. The summed E-state index contributed by atoms with van der Waals surface area (Å²) >= 11 is 0. The number of amides is 1. The summed E-state index contributed by atoms with van der Waals surface area (Å²) in [5.74, 6) is 1.06. The van der Waals surface area contributed by atoms with Gasteiger partial charge in [-0.1, -0.05) is 0 Å². The Morgan fingerprint density at radius 1 is 1.26 bits per heavy atom. The zero-order valence-electron chi connectivity index (χ0n) is 11.2. The maximum absolute atomic E-state index is 12.4. The minimum absolute atomic E-state index is 0.192. The molecule has 0 aliphatic carbocycles. The van der Waals surface area contributed by atoms with Crippen LogP contribution in [0.15, 0.2) is 12.3 Å². The van der Waals surface area contributed by atoms with E-state index >= 15 is 0 Å². The van der Waals surface area contributed by atoms with Gasteiger partial charge in [-0.2, -0.15) is 5.10 Å². The highest BCUT2D eigenvalue weighted by atomic mass is 16.5. The first-order chi connectivity index (χ1) is 9.34. The zero-order valence-corrected chi connectivity index (χ0v) is 11.2. The number of carbonyl (C=O) groups excluding carboxylic acids is 1. The lowest BCUT2D eigenvalue weighted by molar-refractivity contribution is -0.139. The smallest absolute Gasteiger partial charge is 0.225 e. The Hall–Kier alpha value is -1.36. The van der Waals surface area contributed by atoms with Gasteiger partial charge in [0.2, 0.25) is 5.91 Å². The Labute approximate surface area is 113 Å². The molecule has 0 spiro atoms. The van der Waals surface area contributed by atoms with E-state index in [2.05, 4.69) is 10.2 Å². The number of aromatic amines is 1. The lowest BCUT2D eigenvalue weighted by Gasteiger charge is -2.34. The quantitative estimate of drug-likeness (QED) is 0.880. The number of piperidine rings is 1. The van der Waals surface area contributed by atoms with Crippen LogP contribution in [0.4, 0.5) is 0 Å². The average Bonchev–Trinajstić information content (AvgIpc) is 3.02. The third-order valence-corrected chi connectivity index (χ3v) is 4.34. The molecule has 104 valence electrons. The lowest BCUT2D eigenvalue weighted by atomic mass is 9.91. The van der Waals surface area contributed by atoms with Crippen LogP contribution < -0.4 is 0 Å². The van der Waals surface area contributed by atoms with Crippen LogP contribution in [0.2, 0.25) is 0 Å². The second-order valence-electron chi connectivity index (χ2n) is 5.50. The van der Waals surface area contributed by atoms with Gasteiger partial charge in [0.05, 0.1) is 0 Å². The number of carbonyl (C=O) groups is 1. The summed E-state index contributed by atoms with van der Waals surface area (Å²) < 4.78 is 5.32. The van der Waals surface area contributed by atoms with Crippen molar-refractivity contribution in [3.8, 4) is 0 Å². The van der Waals surface area contributed by atoms with Gasteiger partial charge in [-0.25, -0.2) is 0 Å². The number of nitrogens with one attached hydrogen (secondary N) is 1. The molecule has 3 rings (SSSR count). The minimum Gasteiger partial charge on any atom is -0.381 e. The highest BCUT2D eigenvalue weighted by Crippen LogP contribution is 2.28. The molecule has 0 unspecified atom stereocenters. The van der Waals surface area contributed by atoms with Gasteiger partial charge in [0.25, 0.3) is 0 Å². The van der Waals surface area contributed by atoms with E-state index in [0.717, 1.165) is 52.0 Å². The van der Waals surface area contributed by atoms with Gasteiger partial charge in [-0.05, 0) is 31.7 Å². The van der Waals surface area contributed by atoms with Crippen molar-refractivity contribution in [2.75, 3.05) is 26.3 Å². The first-order valence-electron chi connectivity index (χ1n) is 7.20. The number of likely N-dealkylation sites (tertiary alicyclic amines) is 1. The maximum Gasteiger partial charge on any atom is 0.225 e. The molecule has 2 aliphatic heterocycles. The molecule has 2 aliphatic rings. The third-order valence-electron chi connectivity index (χ3n) is 4.34. The highest BCUT2D eigenvalue weighted by molar-refractivity contribution is 5.79. The summed E-state index contributed by atoms with van der Waals surface area (Å²) in [4.78, 5) is 14.4. The van der Waals surface area contributed by atoms with E-state index in [-0.39, 0.29) is 5.92 Å². The monoisotopic (exact) mass is 263 g/mol. The summed E-state index contributed by atoms with van der Waals surface area (Å²) in [7, 11) is 0. The van der Waals surface area contributed by atoms with Gasteiger partial charge in [0.1, 0.15) is 0 Å². The SMILES string of the molecule is O=C(C1CCOCC1)N1CCC(c2ccn[nH]2)CC1. The predicted molar refractivity (Wildman–Crippen MR) is 70.7 cm³/mol. The number of rotatable bonds is 2. The molecule has 1 amide bonds. The molecule has 3 heterocycles. The molecule has 0 bridgehead atoms. The van der Waals surface area contributed by atoms with Crippen molar-refractivity contribution in [1.29, 1.82) is 0 Å². The number of hydrogen-bond donors (Lipinski definition) is 1. The molecule has 5 heteroatoms. The number of nitrogens with zero attached hydrogens (tertiary/aromatic N) is 2. The number of hydrogen-bond acceptors (Lipinski definition) is 3. The Bertz CT molecular complexity index is 404. The number of aromatic nitrogens is 2. The summed E-state index contributed by atoms with van der Waals surface area (Å²) in [5.41, 5.74) is 1.21. The van der Waals surface area contributed by atoms with Crippen molar-refractivity contribution >= 4 is 5.91 Å². The first-order valence-corrected chi connectivity index (χ1v) is 7.20. The standard InChI is InChI=1S/C14H21N3O2/c18-14(12-4-9-19-10-5-12)17-7-2-11(3-8-17)13-1-6-15-16-13/h1,6,11-12H,2-5,7-10H2,(H,15,16). The predicted octanol–water partition coefficient (Wildman–Crippen LogP) is 1.54. The van der Waals surface area contributed by atoms with E-state index in [1.807, 2.05) is 11.0 Å². The van der Waals surface area contributed by atoms with Crippen LogP contribution in [0, 0.1) is 5.92 Å². The van der Waals surface area contributed by atoms with Crippen LogP contribution in [0.3, 0.4) is 0 Å². The topological polar surface area (TPSA) is 58.2 Å². The van der Waals surface area contributed by atoms with Crippen LogP contribution in [0.5, 0.6) is 0 Å². The Morgan fingerprint density at radius 3 is 2.63 bits per heavy atom. The van der Waals surface area contributed by atoms with Crippen molar-refractivity contribution in [2.45, 2.75) is 31.6 Å². The Kier molecular flexibility index (Phi) is 3.82. The molecule has 0 aromatic carbocycles. The largest absolute Gasteiger partial charge is 0.381 e. The zero-order chi connectivity index (χ0) is 13.1. The van der Waals surface area contributed by atoms with Gasteiger partial charge in [-0.3, -0.25) is 9.89 Å². The molecule has 5 nitrogen and oxygen atoms in total. The van der Waals surface area contributed by atoms with Crippen molar-refractivity contribution in [3.63, 3.8) is 0 Å². The van der Waals surface area contributed by atoms with E-state index in [4.69, 9.17) is 4.74 Å². The van der Waals surface area contributed by atoms with Gasteiger partial charge in [0.15, 0.2) is 0 Å². The molecule has 0 radical (unpaired) electrons. The summed E-state index contributed by atoms with van der Waals surface area (Å²) in [6.45, 7) is 3.22. The summed E-state index contributed by atoms with van der Waals surface area (Å²) in [6.07, 6.45) is 5.65. The fourth-order valence-corrected chi connectivity index (χ4v) is 3.11. The normalized spacial score (nSPS) is 22.6. The number of H-pyrrole nitrogens is 1. The van der Waals surface area contributed by atoms with Gasteiger partial charge in [-0.15, -0.1) is 0 Å². The molecule has 1 N–H and O–H groups in total. The molecule has 0 atom stereocenters. The lowest BCUT2D eigenvalue weighted by Crippen LogP contribution is -2.42. The van der Waals surface area contributed by atoms with Crippen molar-refractivity contribution in [1.82, 2.24) is 15.1 Å². The second-order valence-corrected chi connectivity index (χ2v) is 5.50. The summed E-state index contributed by atoms with van der Waals surface area (Å²) in [5, 5.41) is 7.05. The van der Waals surface area contributed by atoms with E-state index in [1.54, 1.807) is 6.20 Å². The average molecular weight is 263 g/mol. The van der Waals surface area contributed by atoms with Crippen LogP contribution in [0.1, 0.15) is 37.3 Å².